The first-order valence-electron chi connectivity index (χ1n) is 10.2. The number of carbonyl (C=O) groups is 1. The summed E-state index contributed by atoms with van der Waals surface area (Å²) in [5.41, 5.74) is 1.59. The quantitative estimate of drug-likeness (QED) is 0.406. The van der Waals surface area contributed by atoms with Crippen LogP contribution >= 0.6 is 0 Å². The van der Waals surface area contributed by atoms with Crippen molar-refractivity contribution in [3.63, 3.8) is 0 Å². The van der Waals surface area contributed by atoms with E-state index < -0.39 is 10.0 Å². The van der Waals surface area contributed by atoms with Crippen molar-refractivity contribution in [2.45, 2.75) is 11.8 Å². The van der Waals surface area contributed by atoms with Crippen molar-refractivity contribution in [3.8, 4) is 11.4 Å². The van der Waals surface area contributed by atoms with Gasteiger partial charge in [-0.05, 0) is 67.6 Å². The van der Waals surface area contributed by atoms with Gasteiger partial charge in [-0.15, -0.1) is 0 Å². The number of benzene rings is 3. The molecular formula is C24H22N4O4S. The van der Waals surface area contributed by atoms with Crippen molar-refractivity contribution in [1.82, 2.24) is 9.78 Å². The fraction of sp³-hybridized carbons (Fsp3) is 0.0833. The van der Waals surface area contributed by atoms with E-state index in [-0.39, 0.29) is 10.8 Å². The van der Waals surface area contributed by atoms with Crippen LogP contribution in [-0.2, 0) is 10.0 Å². The fourth-order valence-electron chi connectivity index (χ4n) is 3.09. The van der Waals surface area contributed by atoms with Gasteiger partial charge in [0.25, 0.3) is 15.9 Å². The average molecular weight is 463 g/mol. The van der Waals surface area contributed by atoms with E-state index in [1.54, 1.807) is 41.2 Å². The highest BCUT2D eigenvalue weighted by Crippen LogP contribution is 2.20. The lowest BCUT2D eigenvalue weighted by molar-refractivity contribution is 0.102. The topological polar surface area (TPSA) is 102 Å². The molecule has 1 amide bonds. The molecule has 0 aliphatic heterocycles. The molecule has 4 rings (SSSR count). The monoisotopic (exact) mass is 462 g/mol. The van der Waals surface area contributed by atoms with E-state index in [0.29, 0.717) is 29.4 Å². The minimum Gasteiger partial charge on any atom is -0.494 e. The number of carbonyl (C=O) groups excluding carboxylic acids is 1. The van der Waals surface area contributed by atoms with Crippen molar-refractivity contribution in [3.05, 3.63) is 96.7 Å². The Hall–Kier alpha value is -4.11. The number of amides is 1. The molecule has 2 N–H and O–H groups in total. The third-order valence-electron chi connectivity index (χ3n) is 4.70. The molecule has 8 nitrogen and oxygen atoms in total. The number of nitrogens with zero attached hydrogens (tertiary/aromatic N) is 2. The summed E-state index contributed by atoms with van der Waals surface area (Å²) in [5.74, 6) is 0.652. The normalized spacial score (nSPS) is 11.1. The third kappa shape index (κ3) is 5.39. The molecular weight excluding hydrogens is 440 g/mol. The Morgan fingerprint density at radius 1 is 0.939 bits per heavy atom. The molecule has 0 saturated heterocycles. The van der Waals surface area contributed by atoms with Gasteiger partial charge in [-0.2, -0.15) is 5.10 Å². The minimum absolute atomic E-state index is 0.113. The summed E-state index contributed by atoms with van der Waals surface area (Å²) >= 11 is 0. The summed E-state index contributed by atoms with van der Waals surface area (Å²) in [6.45, 7) is 2.35. The Morgan fingerprint density at radius 2 is 1.64 bits per heavy atom. The van der Waals surface area contributed by atoms with Gasteiger partial charge in [0, 0.05) is 23.5 Å². The van der Waals surface area contributed by atoms with E-state index in [0.717, 1.165) is 5.69 Å². The number of ether oxygens (including phenoxy) is 1. The molecule has 0 bridgehead atoms. The first-order chi connectivity index (χ1) is 15.9. The lowest BCUT2D eigenvalue weighted by Crippen LogP contribution is -2.14. The van der Waals surface area contributed by atoms with Crippen molar-refractivity contribution >= 4 is 27.4 Å². The molecule has 0 spiro atoms. The molecule has 0 radical (unpaired) electrons. The predicted molar refractivity (Wildman–Crippen MR) is 126 cm³/mol. The predicted octanol–water partition coefficient (Wildman–Crippen LogP) is 4.32. The first kappa shape index (κ1) is 22.1. The van der Waals surface area contributed by atoms with Crippen LogP contribution in [0.3, 0.4) is 0 Å². The molecule has 0 aliphatic carbocycles. The van der Waals surface area contributed by atoms with Crippen LogP contribution in [0.4, 0.5) is 11.5 Å². The zero-order valence-electron chi connectivity index (χ0n) is 17.8. The lowest BCUT2D eigenvalue weighted by Gasteiger charge is -2.10. The van der Waals surface area contributed by atoms with E-state index in [9.17, 15) is 13.2 Å². The molecule has 0 fully saturated rings. The Labute approximate surface area is 191 Å². The lowest BCUT2D eigenvalue weighted by atomic mass is 10.2. The van der Waals surface area contributed by atoms with Gasteiger partial charge in [-0.25, -0.2) is 13.1 Å². The Bertz CT molecular complexity index is 1330. The van der Waals surface area contributed by atoms with Crippen molar-refractivity contribution < 1.29 is 17.9 Å². The zero-order chi connectivity index (χ0) is 23.3. The van der Waals surface area contributed by atoms with Gasteiger partial charge in [0.15, 0.2) is 5.82 Å². The number of sulfonamides is 1. The number of para-hydroxylation sites is 1. The van der Waals surface area contributed by atoms with Gasteiger partial charge in [0.1, 0.15) is 5.75 Å². The van der Waals surface area contributed by atoms with Gasteiger partial charge in [-0.3, -0.25) is 9.52 Å². The maximum atomic E-state index is 12.6. The van der Waals surface area contributed by atoms with Gasteiger partial charge in [0.2, 0.25) is 0 Å². The average Bonchev–Trinajstić information content (AvgIpc) is 3.29. The molecule has 3 aromatic carbocycles. The number of rotatable bonds is 8. The molecule has 4 aromatic rings. The summed E-state index contributed by atoms with van der Waals surface area (Å²) in [5, 5.41) is 7.08. The number of hydrogen-bond donors (Lipinski definition) is 2. The van der Waals surface area contributed by atoms with Gasteiger partial charge < -0.3 is 10.1 Å². The fourth-order valence-corrected chi connectivity index (χ4v) is 4.15. The van der Waals surface area contributed by atoms with Gasteiger partial charge in [-0.1, -0.05) is 18.2 Å². The Balaban J connectivity index is 1.40. The Morgan fingerprint density at radius 3 is 2.30 bits per heavy atom. The van der Waals surface area contributed by atoms with Crippen molar-refractivity contribution in [1.29, 1.82) is 0 Å². The zero-order valence-corrected chi connectivity index (χ0v) is 18.6. The largest absolute Gasteiger partial charge is 0.494 e. The van der Waals surface area contributed by atoms with Crippen LogP contribution in [0.1, 0.15) is 17.3 Å². The second-order valence-corrected chi connectivity index (χ2v) is 8.70. The molecule has 0 aliphatic rings. The smallest absolute Gasteiger partial charge is 0.261 e. The maximum absolute atomic E-state index is 12.6. The van der Waals surface area contributed by atoms with E-state index in [2.05, 4.69) is 15.1 Å². The molecule has 0 unspecified atom stereocenters. The van der Waals surface area contributed by atoms with Crippen LogP contribution in [-0.4, -0.2) is 30.7 Å². The molecule has 168 valence electrons. The summed E-state index contributed by atoms with van der Waals surface area (Å²) in [6.07, 6.45) is 1.75. The molecule has 0 atom stereocenters. The second-order valence-electron chi connectivity index (χ2n) is 7.02. The highest BCUT2D eigenvalue weighted by molar-refractivity contribution is 7.92. The first-order valence-corrected chi connectivity index (χ1v) is 11.7. The summed E-state index contributed by atoms with van der Waals surface area (Å²) < 4.78 is 34.7. The summed E-state index contributed by atoms with van der Waals surface area (Å²) in [7, 11) is -3.77. The highest BCUT2D eigenvalue weighted by Gasteiger charge is 2.15. The van der Waals surface area contributed by atoms with Crippen molar-refractivity contribution in [2.24, 2.45) is 0 Å². The maximum Gasteiger partial charge on any atom is 0.261 e. The third-order valence-corrected chi connectivity index (χ3v) is 6.09. The SMILES string of the molecule is CCOc1ccc(S(=O)(=O)Nc2ccc(C(=O)Nc3ccn(-c4ccccc4)n3)cc2)cc1. The standard InChI is InChI=1S/C24H22N4O4S/c1-2-32-21-12-14-22(15-13-21)33(30,31)27-19-10-8-18(9-11-19)24(29)25-23-16-17-28(26-23)20-6-4-3-5-7-20/h3-17,27H,2H2,1H3,(H,25,26,29). The van der Waals surface area contributed by atoms with Crippen LogP contribution in [0.25, 0.3) is 5.69 Å². The van der Waals surface area contributed by atoms with Crippen LogP contribution < -0.4 is 14.8 Å². The second kappa shape index (κ2) is 9.58. The molecule has 0 saturated carbocycles. The van der Waals surface area contributed by atoms with E-state index in [1.807, 2.05) is 37.3 Å². The van der Waals surface area contributed by atoms with Crippen LogP contribution in [0.5, 0.6) is 5.75 Å². The molecule has 1 aromatic heterocycles. The highest BCUT2D eigenvalue weighted by atomic mass is 32.2. The van der Waals surface area contributed by atoms with Gasteiger partial charge >= 0.3 is 0 Å². The van der Waals surface area contributed by atoms with E-state index in [1.165, 1.54) is 24.3 Å². The molecule has 9 heteroatoms. The molecule has 1 heterocycles. The number of anilines is 2. The van der Waals surface area contributed by atoms with Crippen LogP contribution in [0, 0.1) is 0 Å². The van der Waals surface area contributed by atoms with E-state index >= 15 is 0 Å². The minimum atomic E-state index is -3.77. The summed E-state index contributed by atoms with van der Waals surface area (Å²) in [6, 6.07) is 23.5. The van der Waals surface area contributed by atoms with Crippen molar-refractivity contribution in [2.75, 3.05) is 16.6 Å². The number of hydrogen-bond acceptors (Lipinski definition) is 5. The summed E-state index contributed by atoms with van der Waals surface area (Å²) in [4.78, 5) is 12.7. The molecule has 33 heavy (non-hydrogen) atoms. The number of nitrogens with one attached hydrogen (secondary N) is 2. The number of aromatic nitrogens is 2. The van der Waals surface area contributed by atoms with E-state index in [4.69, 9.17) is 4.74 Å². The Kier molecular flexibility index (Phi) is 6.41. The van der Waals surface area contributed by atoms with Crippen LogP contribution in [0.2, 0.25) is 0 Å². The van der Waals surface area contributed by atoms with Gasteiger partial charge in [0.05, 0.1) is 17.2 Å². The van der Waals surface area contributed by atoms with Crippen LogP contribution in [0.15, 0.2) is 96.0 Å².